The third-order valence-electron chi connectivity index (χ3n) is 2.04. The number of esters is 1. The minimum absolute atomic E-state index is 0.0503. The third-order valence-corrected chi connectivity index (χ3v) is 2.93. The minimum atomic E-state index is -1.01. The Balaban J connectivity index is 0.000000211. The Hall–Kier alpha value is -1.80. The van der Waals surface area contributed by atoms with Crippen molar-refractivity contribution in [1.82, 2.24) is 9.97 Å². The molecule has 0 bridgehead atoms. The van der Waals surface area contributed by atoms with Crippen molar-refractivity contribution in [2.45, 2.75) is 0 Å². The van der Waals surface area contributed by atoms with E-state index in [0.29, 0.717) is 14.9 Å². The molecule has 0 aromatic carbocycles. The first-order valence-electron chi connectivity index (χ1n) is 5.50. The van der Waals surface area contributed by atoms with Gasteiger partial charge in [-0.1, -0.05) is 12.1 Å². The van der Waals surface area contributed by atoms with Crippen LogP contribution >= 0.6 is 31.9 Å². The number of hydrogen-bond donors (Lipinski definition) is 1. The molecule has 0 atom stereocenters. The van der Waals surface area contributed by atoms with Gasteiger partial charge in [-0.15, -0.1) is 0 Å². The van der Waals surface area contributed by atoms with Gasteiger partial charge in [0.25, 0.3) is 0 Å². The van der Waals surface area contributed by atoms with E-state index in [1.54, 1.807) is 30.3 Å². The number of carbonyl (C=O) groups excluding carboxylic acids is 1. The predicted molar refractivity (Wildman–Crippen MR) is 82.2 cm³/mol. The van der Waals surface area contributed by atoms with Gasteiger partial charge in [0, 0.05) is 0 Å². The van der Waals surface area contributed by atoms with Crippen LogP contribution in [0.2, 0.25) is 0 Å². The first kappa shape index (κ1) is 17.3. The molecule has 0 radical (unpaired) electrons. The highest BCUT2D eigenvalue weighted by Gasteiger charge is 2.05. The fourth-order valence-electron chi connectivity index (χ4n) is 1.15. The van der Waals surface area contributed by atoms with Crippen LogP contribution < -0.4 is 0 Å². The fourth-order valence-corrected chi connectivity index (χ4v) is 1.84. The van der Waals surface area contributed by atoms with Crippen molar-refractivity contribution in [1.29, 1.82) is 0 Å². The van der Waals surface area contributed by atoms with Crippen molar-refractivity contribution in [3.05, 3.63) is 57.0 Å². The number of hydrogen-bond acceptors (Lipinski definition) is 5. The number of ether oxygens (including phenoxy) is 1. The van der Waals surface area contributed by atoms with Gasteiger partial charge in [-0.3, -0.25) is 0 Å². The lowest BCUT2D eigenvalue weighted by molar-refractivity contribution is 0.0593. The molecule has 2 heterocycles. The van der Waals surface area contributed by atoms with Crippen molar-refractivity contribution < 1.29 is 19.4 Å². The smallest absolute Gasteiger partial charge is 0.356 e. The van der Waals surface area contributed by atoms with Gasteiger partial charge in [0.1, 0.15) is 20.6 Å². The maximum atomic E-state index is 10.9. The second kappa shape index (κ2) is 8.48. The molecule has 8 heteroatoms. The van der Waals surface area contributed by atoms with Crippen molar-refractivity contribution in [3.63, 3.8) is 0 Å². The summed E-state index contributed by atoms with van der Waals surface area (Å²) in [5.74, 6) is -1.44. The summed E-state index contributed by atoms with van der Waals surface area (Å²) in [6.45, 7) is 0. The highest BCUT2D eigenvalue weighted by Crippen LogP contribution is 2.06. The Bertz CT molecular complexity index is 650. The first-order chi connectivity index (χ1) is 9.93. The van der Waals surface area contributed by atoms with Crippen LogP contribution in [0.4, 0.5) is 0 Å². The van der Waals surface area contributed by atoms with Crippen LogP contribution in [-0.2, 0) is 4.74 Å². The average molecular weight is 418 g/mol. The number of halogens is 2. The van der Waals surface area contributed by atoms with E-state index in [-0.39, 0.29) is 5.69 Å². The second-order valence-electron chi connectivity index (χ2n) is 3.49. The van der Waals surface area contributed by atoms with E-state index in [2.05, 4.69) is 46.6 Å². The van der Waals surface area contributed by atoms with E-state index in [1.165, 1.54) is 13.2 Å². The van der Waals surface area contributed by atoms with Crippen molar-refractivity contribution >= 4 is 43.8 Å². The molecule has 0 unspecified atom stereocenters. The number of aromatic nitrogens is 2. The van der Waals surface area contributed by atoms with Crippen molar-refractivity contribution in [2.24, 2.45) is 0 Å². The molecule has 0 fully saturated rings. The van der Waals surface area contributed by atoms with Gasteiger partial charge in [-0.2, -0.15) is 0 Å². The minimum Gasteiger partial charge on any atom is -0.477 e. The Morgan fingerprint density at radius 1 is 1.00 bits per heavy atom. The van der Waals surface area contributed by atoms with Crippen LogP contribution in [0, 0.1) is 0 Å². The quantitative estimate of drug-likeness (QED) is 0.596. The SMILES string of the molecule is COC(=O)c1cccc(Br)n1.O=C(O)c1cccc(Br)n1. The Labute approximate surface area is 137 Å². The summed E-state index contributed by atoms with van der Waals surface area (Å²) >= 11 is 6.20. The highest BCUT2D eigenvalue weighted by molar-refractivity contribution is 9.10. The van der Waals surface area contributed by atoms with Gasteiger partial charge in [0.2, 0.25) is 0 Å². The molecule has 0 saturated carbocycles. The molecular formula is C13H10Br2N2O4. The number of nitrogens with zero attached hydrogens (tertiary/aromatic N) is 2. The lowest BCUT2D eigenvalue weighted by atomic mass is 10.4. The fraction of sp³-hybridized carbons (Fsp3) is 0.0769. The van der Waals surface area contributed by atoms with Crippen LogP contribution in [0.15, 0.2) is 45.6 Å². The molecule has 0 aliphatic heterocycles. The number of methoxy groups -OCH3 is 1. The Morgan fingerprint density at radius 2 is 1.48 bits per heavy atom. The van der Waals surface area contributed by atoms with Gasteiger partial charge in [-0.25, -0.2) is 19.6 Å². The summed E-state index contributed by atoms with van der Waals surface area (Å²) in [4.78, 5) is 28.7. The van der Waals surface area contributed by atoms with Crippen LogP contribution in [0.1, 0.15) is 21.0 Å². The average Bonchev–Trinajstić information content (AvgIpc) is 2.47. The Morgan fingerprint density at radius 3 is 1.86 bits per heavy atom. The van der Waals surface area contributed by atoms with Crippen LogP contribution in [0.3, 0.4) is 0 Å². The summed E-state index contributed by atoms with van der Waals surface area (Å²) < 4.78 is 5.63. The van der Waals surface area contributed by atoms with Gasteiger partial charge in [-0.05, 0) is 56.1 Å². The summed E-state index contributed by atoms with van der Waals surface area (Å²) in [6.07, 6.45) is 0. The number of pyridine rings is 2. The number of carbonyl (C=O) groups is 2. The summed E-state index contributed by atoms with van der Waals surface area (Å²) in [5.41, 5.74) is 0.358. The van der Waals surface area contributed by atoms with E-state index in [9.17, 15) is 9.59 Å². The lowest BCUT2D eigenvalue weighted by Crippen LogP contribution is -2.03. The molecule has 0 spiro atoms. The standard InChI is InChI=1S/C7H6BrNO2.C6H4BrNO2/c1-11-7(10)5-3-2-4-6(8)9-5;7-5-3-1-2-4(8-5)6(9)10/h2-4H,1H3;1-3H,(H,9,10). The second-order valence-corrected chi connectivity index (χ2v) is 5.11. The Kier molecular flexibility index (Phi) is 6.97. The molecule has 6 nitrogen and oxygen atoms in total. The molecule has 0 saturated heterocycles. The molecule has 0 aliphatic carbocycles. The molecule has 1 N–H and O–H groups in total. The van der Waals surface area contributed by atoms with E-state index in [4.69, 9.17) is 5.11 Å². The summed E-state index contributed by atoms with van der Waals surface area (Å²) in [5, 5.41) is 8.43. The zero-order chi connectivity index (χ0) is 15.8. The molecule has 2 aromatic rings. The normalized spacial score (nSPS) is 9.29. The molecular weight excluding hydrogens is 408 g/mol. The van der Waals surface area contributed by atoms with Gasteiger partial charge in [0.15, 0.2) is 0 Å². The zero-order valence-electron chi connectivity index (χ0n) is 10.8. The molecule has 110 valence electrons. The summed E-state index contributed by atoms with van der Waals surface area (Å²) in [7, 11) is 1.32. The van der Waals surface area contributed by atoms with E-state index < -0.39 is 11.9 Å². The highest BCUT2D eigenvalue weighted by atomic mass is 79.9. The number of rotatable bonds is 2. The van der Waals surface area contributed by atoms with Crippen LogP contribution in [-0.4, -0.2) is 34.1 Å². The van der Waals surface area contributed by atoms with Gasteiger partial charge >= 0.3 is 11.9 Å². The monoisotopic (exact) mass is 416 g/mol. The van der Waals surface area contributed by atoms with E-state index in [1.807, 2.05) is 0 Å². The summed E-state index contributed by atoms with van der Waals surface area (Å²) in [6, 6.07) is 9.80. The number of carboxylic acids is 1. The van der Waals surface area contributed by atoms with Crippen LogP contribution in [0.5, 0.6) is 0 Å². The zero-order valence-corrected chi connectivity index (χ0v) is 14.0. The van der Waals surface area contributed by atoms with E-state index >= 15 is 0 Å². The molecule has 2 rings (SSSR count). The largest absolute Gasteiger partial charge is 0.477 e. The molecule has 21 heavy (non-hydrogen) atoms. The molecule has 0 amide bonds. The topological polar surface area (TPSA) is 89.4 Å². The first-order valence-corrected chi connectivity index (χ1v) is 7.09. The molecule has 2 aromatic heterocycles. The lowest BCUT2D eigenvalue weighted by Gasteiger charge is -1.96. The van der Waals surface area contributed by atoms with Crippen molar-refractivity contribution in [3.8, 4) is 0 Å². The molecule has 0 aliphatic rings. The van der Waals surface area contributed by atoms with Gasteiger partial charge in [0.05, 0.1) is 7.11 Å². The van der Waals surface area contributed by atoms with Gasteiger partial charge < -0.3 is 9.84 Å². The number of carboxylic acid groups (broad SMARTS) is 1. The number of aromatic carboxylic acids is 1. The van der Waals surface area contributed by atoms with Crippen LogP contribution in [0.25, 0.3) is 0 Å². The predicted octanol–water partition coefficient (Wildman–Crippen LogP) is 3.17. The third kappa shape index (κ3) is 6.01. The van der Waals surface area contributed by atoms with Crippen molar-refractivity contribution in [2.75, 3.05) is 7.11 Å². The van der Waals surface area contributed by atoms with E-state index in [0.717, 1.165) is 0 Å². The maximum absolute atomic E-state index is 10.9. The maximum Gasteiger partial charge on any atom is 0.356 e.